The highest BCUT2D eigenvalue weighted by molar-refractivity contribution is 5.85. The minimum Gasteiger partial charge on any atom is -0.385 e. The van der Waals surface area contributed by atoms with Gasteiger partial charge in [0.15, 0.2) is 0 Å². The number of hydrogen-bond donors (Lipinski definition) is 2. The van der Waals surface area contributed by atoms with Gasteiger partial charge in [0.2, 0.25) is 5.91 Å². The smallest absolute Gasteiger partial charge is 0.220 e. The average Bonchev–Trinajstić information content (AvgIpc) is 2.58. The summed E-state index contributed by atoms with van der Waals surface area (Å²) in [5.74, 6) is 0.184. The van der Waals surface area contributed by atoms with E-state index in [0.29, 0.717) is 31.2 Å². The number of carbonyl (C=O) groups excluding carboxylic acids is 1. The number of rotatable bonds is 5. The number of methoxy groups -OCH3 is 1. The Balaban J connectivity index is 0.00000144. The van der Waals surface area contributed by atoms with Crippen molar-refractivity contribution in [2.24, 2.45) is 0 Å². The SMILES string of the molecule is COCCCC(=O)NC1CC2CCC(C1)N2.Cl. The summed E-state index contributed by atoms with van der Waals surface area (Å²) in [5.41, 5.74) is 0. The van der Waals surface area contributed by atoms with Crippen LogP contribution >= 0.6 is 12.4 Å². The van der Waals surface area contributed by atoms with Crippen LogP contribution in [0.4, 0.5) is 0 Å². The fourth-order valence-corrected chi connectivity index (χ4v) is 2.85. The molecule has 2 atom stereocenters. The first-order valence-electron chi connectivity index (χ1n) is 6.32. The summed E-state index contributed by atoms with van der Waals surface area (Å²) in [6, 6.07) is 1.68. The Morgan fingerprint density at radius 3 is 2.59 bits per heavy atom. The van der Waals surface area contributed by atoms with Crippen LogP contribution in [0.3, 0.4) is 0 Å². The lowest BCUT2D eigenvalue weighted by Crippen LogP contribution is -2.48. The van der Waals surface area contributed by atoms with Gasteiger partial charge in [-0.1, -0.05) is 0 Å². The third-order valence-electron chi connectivity index (χ3n) is 3.59. The molecule has 0 aromatic heterocycles. The summed E-state index contributed by atoms with van der Waals surface area (Å²) >= 11 is 0. The van der Waals surface area contributed by atoms with E-state index in [1.54, 1.807) is 7.11 Å². The molecule has 2 saturated heterocycles. The number of nitrogens with one attached hydrogen (secondary N) is 2. The minimum atomic E-state index is 0. The zero-order valence-electron chi connectivity index (χ0n) is 10.4. The topological polar surface area (TPSA) is 50.4 Å². The summed E-state index contributed by atoms with van der Waals surface area (Å²) < 4.78 is 4.94. The van der Waals surface area contributed by atoms with E-state index in [1.807, 2.05) is 0 Å². The van der Waals surface area contributed by atoms with Gasteiger partial charge in [0.25, 0.3) is 0 Å². The summed E-state index contributed by atoms with van der Waals surface area (Å²) in [5, 5.41) is 6.72. The van der Waals surface area contributed by atoms with E-state index in [9.17, 15) is 4.79 Å². The highest BCUT2D eigenvalue weighted by Gasteiger charge is 2.33. The van der Waals surface area contributed by atoms with Crippen molar-refractivity contribution in [3.63, 3.8) is 0 Å². The number of piperidine rings is 1. The van der Waals surface area contributed by atoms with E-state index in [-0.39, 0.29) is 18.3 Å². The van der Waals surface area contributed by atoms with E-state index >= 15 is 0 Å². The summed E-state index contributed by atoms with van der Waals surface area (Å²) in [7, 11) is 1.67. The molecule has 5 heteroatoms. The second-order valence-electron chi connectivity index (χ2n) is 4.97. The normalized spacial score (nSPS) is 30.8. The van der Waals surface area contributed by atoms with E-state index in [2.05, 4.69) is 10.6 Å². The summed E-state index contributed by atoms with van der Waals surface area (Å²) in [6.07, 6.45) is 6.17. The van der Waals surface area contributed by atoms with Gasteiger partial charge in [0.1, 0.15) is 0 Å². The van der Waals surface area contributed by atoms with Crippen LogP contribution in [0.15, 0.2) is 0 Å². The molecule has 2 bridgehead atoms. The lowest BCUT2D eigenvalue weighted by molar-refractivity contribution is -0.122. The molecule has 2 aliphatic heterocycles. The van der Waals surface area contributed by atoms with Gasteiger partial charge in [0.05, 0.1) is 0 Å². The Morgan fingerprint density at radius 2 is 2.00 bits per heavy atom. The van der Waals surface area contributed by atoms with Gasteiger partial charge in [-0.05, 0) is 32.1 Å². The first-order chi connectivity index (χ1) is 7.78. The Hall–Kier alpha value is -0.320. The standard InChI is InChI=1S/C12H22N2O2.ClH/c1-16-6-2-3-12(15)14-11-7-9-4-5-10(8-11)13-9;/h9-11,13H,2-8H2,1H3,(H,14,15);1H. The molecule has 0 aliphatic carbocycles. The number of carbonyl (C=O) groups is 1. The van der Waals surface area contributed by atoms with Gasteiger partial charge < -0.3 is 15.4 Å². The lowest BCUT2D eigenvalue weighted by atomic mass is 9.99. The highest BCUT2D eigenvalue weighted by atomic mass is 35.5. The molecule has 2 aliphatic rings. The molecule has 0 radical (unpaired) electrons. The van der Waals surface area contributed by atoms with E-state index in [4.69, 9.17) is 4.74 Å². The van der Waals surface area contributed by atoms with Crippen LogP contribution in [0.25, 0.3) is 0 Å². The molecule has 0 spiro atoms. The quantitative estimate of drug-likeness (QED) is 0.733. The number of ether oxygens (including phenoxy) is 1. The zero-order valence-corrected chi connectivity index (χ0v) is 11.2. The van der Waals surface area contributed by atoms with Crippen molar-refractivity contribution in [2.45, 2.75) is 56.7 Å². The van der Waals surface area contributed by atoms with Crippen molar-refractivity contribution in [1.82, 2.24) is 10.6 Å². The van der Waals surface area contributed by atoms with Crippen molar-refractivity contribution in [3.8, 4) is 0 Å². The molecule has 4 nitrogen and oxygen atoms in total. The van der Waals surface area contributed by atoms with Crippen molar-refractivity contribution in [2.75, 3.05) is 13.7 Å². The molecule has 100 valence electrons. The van der Waals surface area contributed by atoms with Gasteiger partial charge in [-0.2, -0.15) is 0 Å². The fraction of sp³-hybridized carbons (Fsp3) is 0.917. The van der Waals surface area contributed by atoms with Crippen LogP contribution in [-0.2, 0) is 9.53 Å². The van der Waals surface area contributed by atoms with Gasteiger partial charge in [0, 0.05) is 38.3 Å². The predicted octanol–water partition coefficient (Wildman–Crippen LogP) is 1.23. The number of hydrogen-bond acceptors (Lipinski definition) is 3. The lowest BCUT2D eigenvalue weighted by Gasteiger charge is -2.29. The number of amides is 1. The predicted molar refractivity (Wildman–Crippen MR) is 69.5 cm³/mol. The molecule has 2 rings (SSSR count). The molecule has 0 aromatic carbocycles. The molecule has 1 amide bonds. The first kappa shape index (κ1) is 14.7. The number of fused-ring (bicyclic) bond motifs is 2. The van der Waals surface area contributed by atoms with Gasteiger partial charge in [-0.15, -0.1) is 12.4 Å². The summed E-state index contributed by atoms with van der Waals surface area (Å²) in [6.45, 7) is 0.672. The van der Waals surface area contributed by atoms with Crippen LogP contribution < -0.4 is 10.6 Å². The third kappa shape index (κ3) is 4.45. The Bertz CT molecular complexity index is 239. The molecule has 2 N–H and O–H groups in total. The molecule has 2 unspecified atom stereocenters. The van der Waals surface area contributed by atoms with Crippen LogP contribution in [0.1, 0.15) is 38.5 Å². The van der Waals surface area contributed by atoms with Gasteiger partial charge in [-0.25, -0.2) is 0 Å². The molecule has 17 heavy (non-hydrogen) atoms. The third-order valence-corrected chi connectivity index (χ3v) is 3.59. The molecular weight excluding hydrogens is 240 g/mol. The van der Waals surface area contributed by atoms with Crippen LogP contribution in [0.2, 0.25) is 0 Å². The van der Waals surface area contributed by atoms with Crippen LogP contribution in [-0.4, -0.2) is 37.7 Å². The molecule has 2 fully saturated rings. The van der Waals surface area contributed by atoms with E-state index in [1.165, 1.54) is 12.8 Å². The van der Waals surface area contributed by atoms with Crippen LogP contribution in [0, 0.1) is 0 Å². The van der Waals surface area contributed by atoms with Crippen molar-refractivity contribution >= 4 is 18.3 Å². The molecule has 0 aromatic rings. The second-order valence-corrected chi connectivity index (χ2v) is 4.97. The Labute approximate surface area is 109 Å². The van der Waals surface area contributed by atoms with Gasteiger partial charge in [-0.3, -0.25) is 4.79 Å². The van der Waals surface area contributed by atoms with Gasteiger partial charge >= 0.3 is 0 Å². The zero-order chi connectivity index (χ0) is 11.4. The Kier molecular flexibility index (Phi) is 6.23. The van der Waals surface area contributed by atoms with Crippen molar-refractivity contribution in [3.05, 3.63) is 0 Å². The monoisotopic (exact) mass is 262 g/mol. The maximum atomic E-state index is 11.6. The largest absolute Gasteiger partial charge is 0.385 e. The van der Waals surface area contributed by atoms with Crippen molar-refractivity contribution in [1.29, 1.82) is 0 Å². The first-order valence-corrected chi connectivity index (χ1v) is 6.32. The second kappa shape index (κ2) is 7.19. The van der Waals surface area contributed by atoms with Crippen molar-refractivity contribution < 1.29 is 9.53 Å². The maximum absolute atomic E-state index is 11.6. The summed E-state index contributed by atoms with van der Waals surface area (Å²) in [4.78, 5) is 11.6. The fourth-order valence-electron chi connectivity index (χ4n) is 2.85. The Morgan fingerprint density at radius 1 is 1.35 bits per heavy atom. The van der Waals surface area contributed by atoms with E-state index in [0.717, 1.165) is 19.3 Å². The van der Waals surface area contributed by atoms with E-state index < -0.39 is 0 Å². The molecule has 0 saturated carbocycles. The number of halogens is 1. The maximum Gasteiger partial charge on any atom is 0.220 e. The minimum absolute atomic E-state index is 0. The highest BCUT2D eigenvalue weighted by Crippen LogP contribution is 2.26. The molecular formula is C12H23ClN2O2. The van der Waals surface area contributed by atoms with Crippen LogP contribution in [0.5, 0.6) is 0 Å². The average molecular weight is 263 g/mol. The molecule has 2 heterocycles.